The van der Waals surface area contributed by atoms with Gasteiger partial charge in [-0.05, 0) is 85.1 Å². The number of aliphatic hydroxyl groups is 2. The summed E-state index contributed by atoms with van der Waals surface area (Å²) in [6, 6.07) is 28.3. The van der Waals surface area contributed by atoms with E-state index in [4.69, 9.17) is 58.8 Å². The molecule has 5 N–H and O–H groups in total. The zero-order valence-electron chi connectivity index (χ0n) is 40.6. The van der Waals surface area contributed by atoms with Gasteiger partial charge < -0.3 is 30.5 Å². The molecule has 0 saturated carbocycles. The predicted molar refractivity (Wildman–Crippen MR) is 267 cm³/mol. The third-order valence-electron chi connectivity index (χ3n) is 11.0. The summed E-state index contributed by atoms with van der Waals surface area (Å²) in [4.78, 5) is 23.7. The molecular weight excluding hydrogens is 928 g/mol. The Labute approximate surface area is 414 Å². The lowest BCUT2D eigenvalue weighted by molar-refractivity contribution is -0.138. The quantitative estimate of drug-likeness (QED) is 0.0607. The summed E-state index contributed by atoms with van der Waals surface area (Å²) in [6.45, 7) is 16.7. The molecule has 0 radical (unpaired) electrons. The molecule has 4 aromatic carbocycles. The lowest BCUT2D eigenvalue weighted by atomic mass is 9.91. The number of aromatic nitrogens is 4. The second kappa shape index (κ2) is 26.0. The molecule has 69 heavy (non-hydrogen) atoms. The molecule has 0 aliphatic heterocycles. The van der Waals surface area contributed by atoms with Crippen LogP contribution in [0, 0.1) is 11.6 Å². The van der Waals surface area contributed by atoms with Crippen LogP contribution in [-0.2, 0) is 56.1 Å². The highest BCUT2D eigenvalue weighted by Crippen LogP contribution is 2.28. The third-order valence-corrected chi connectivity index (χ3v) is 11.5. The fraction of sp³-hybridized carbons (Fsp3) is 0.396. The van der Waals surface area contributed by atoms with Gasteiger partial charge in [0, 0.05) is 56.6 Å². The van der Waals surface area contributed by atoms with Gasteiger partial charge in [0.2, 0.25) is 0 Å². The van der Waals surface area contributed by atoms with Crippen LogP contribution in [0.25, 0.3) is 11.4 Å². The van der Waals surface area contributed by atoms with E-state index >= 15 is 0 Å². The van der Waals surface area contributed by atoms with Crippen LogP contribution in [0.3, 0.4) is 0 Å². The molecule has 0 fully saturated rings. The first-order valence-electron chi connectivity index (χ1n) is 22.7. The Morgan fingerprint density at radius 1 is 0.667 bits per heavy atom. The number of benzene rings is 4. The van der Waals surface area contributed by atoms with E-state index in [0.717, 1.165) is 34.2 Å². The molecule has 6 aromatic rings. The summed E-state index contributed by atoms with van der Waals surface area (Å²) < 4.78 is 41.9. The molecule has 0 amide bonds. The van der Waals surface area contributed by atoms with Crippen LogP contribution in [0.1, 0.15) is 119 Å². The number of halogens is 4. The van der Waals surface area contributed by atoms with Crippen molar-refractivity contribution in [3.05, 3.63) is 164 Å². The lowest BCUT2D eigenvalue weighted by Crippen LogP contribution is -2.13. The fourth-order valence-electron chi connectivity index (χ4n) is 6.75. The zero-order valence-corrected chi connectivity index (χ0v) is 42.1. The molecule has 0 spiro atoms. The molecule has 6 rings (SSSR count). The van der Waals surface area contributed by atoms with E-state index in [1.807, 2.05) is 64.0 Å². The van der Waals surface area contributed by atoms with Gasteiger partial charge in [0.1, 0.15) is 17.4 Å². The first kappa shape index (κ1) is 56.3. The van der Waals surface area contributed by atoms with E-state index in [1.54, 1.807) is 25.1 Å². The number of carboxylic acid groups (broad SMARTS) is 1. The second-order valence-electron chi connectivity index (χ2n) is 18.5. The van der Waals surface area contributed by atoms with Crippen LogP contribution in [0.2, 0.25) is 10.0 Å². The van der Waals surface area contributed by atoms with Gasteiger partial charge in [-0.15, -0.1) is 0 Å². The van der Waals surface area contributed by atoms with Crippen LogP contribution in [0.4, 0.5) is 8.78 Å². The van der Waals surface area contributed by atoms with Crippen molar-refractivity contribution in [1.82, 2.24) is 19.6 Å². The molecule has 0 aliphatic rings. The number of aliphatic carboxylic acids is 1. The molecule has 0 bridgehead atoms. The number of aliphatic hydroxyl groups excluding tert-OH is 2. The minimum atomic E-state index is -0.992. The maximum absolute atomic E-state index is 14.5. The minimum Gasteiger partial charge on any atom is -0.481 e. The van der Waals surface area contributed by atoms with E-state index < -0.39 is 29.4 Å². The van der Waals surface area contributed by atoms with Crippen molar-refractivity contribution in [2.24, 2.45) is 5.73 Å². The summed E-state index contributed by atoms with van der Waals surface area (Å²) in [5, 5.41) is 36.8. The number of Topliss-reactive ketones (excluding diaryl/α,β-unsaturated/α-hetero) is 1. The van der Waals surface area contributed by atoms with Crippen molar-refractivity contribution in [3.8, 4) is 11.4 Å². The van der Waals surface area contributed by atoms with E-state index in [-0.39, 0.29) is 56.3 Å². The van der Waals surface area contributed by atoms with Gasteiger partial charge in [-0.2, -0.15) is 10.2 Å². The normalized spacial score (nSPS) is 12.4. The minimum absolute atomic E-state index is 0.00768. The third kappa shape index (κ3) is 16.7. The van der Waals surface area contributed by atoms with Gasteiger partial charge in [0.05, 0.1) is 74.0 Å². The topological polar surface area (TPSA) is 175 Å². The molecule has 0 aliphatic carbocycles. The smallest absolute Gasteiger partial charge is 0.310 e. The van der Waals surface area contributed by atoms with Gasteiger partial charge in [0.15, 0.2) is 0 Å². The highest BCUT2D eigenvalue weighted by atomic mass is 35.5. The Morgan fingerprint density at radius 2 is 1.10 bits per heavy atom. The Bertz CT molecular complexity index is 2620. The summed E-state index contributed by atoms with van der Waals surface area (Å²) in [7, 11) is 0. The summed E-state index contributed by atoms with van der Waals surface area (Å²) >= 11 is 12.2. The van der Waals surface area contributed by atoms with E-state index in [0.29, 0.717) is 51.7 Å². The highest BCUT2D eigenvalue weighted by molar-refractivity contribution is 6.31. The van der Waals surface area contributed by atoms with Gasteiger partial charge in [-0.25, -0.2) is 18.1 Å². The SMILES string of the molecule is CC(C(=O)CCc1cc(C(C)(C)C)nn1-c1cccc(Cl)c1)c1ccc(COCCO)c(F)c1.CC(C(=O)O)c1ccc(COCCO)c(F)c1.CC(C)(C)c1cc(CN)n(-c2cccc(Cl)c2)n1. The molecular formula is C53H65Cl2F2N5O7. The van der Waals surface area contributed by atoms with Crippen LogP contribution >= 0.6 is 23.2 Å². The monoisotopic (exact) mass is 991 g/mol. The molecule has 2 atom stereocenters. The standard InChI is InChI=1S/C27H32ClFN2O3.C14H18ClN3.C12H15FO4/c1-18(19-8-9-20(24(29)14-19)17-34-13-12-32)25(33)11-10-23-16-26(27(2,3)4)30-31(23)22-7-5-6-21(28)15-22;1-14(2,3)13-8-12(9-16)18(17-13)11-6-4-5-10(15)7-11;1-8(12(15)16)9-2-3-10(11(13)6-9)7-17-5-4-14/h5-9,14-16,18,32H,10-13,17H2,1-4H3;4-8H,9,16H2,1-3H3;2-3,6,8,14H,4-5,7H2,1H3,(H,15,16). The molecule has 16 heteroatoms. The van der Waals surface area contributed by atoms with E-state index in [9.17, 15) is 18.4 Å². The molecule has 372 valence electrons. The van der Waals surface area contributed by atoms with Crippen LogP contribution in [0.5, 0.6) is 0 Å². The molecule has 2 unspecified atom stereocenters. The second-order valence-corrected chi connectivity index (χ2v) is 19.4. The van der Waals surface area contributed by atoms with E-state index in [2.05, 4.69) is 52.7 Å². The van der Waals surface area contributed by atoms with Crippen LogP contribution < -0.4 is 5.73 Å². The average molecular weight is 993 g/mol. The summed E-state index contributed by atoms with van der Waals surface area (Å²) in [6.07, 6.45) is 0.814. The number of ether oxygens (including phenoxy) is 2. The van der Waals surface area contributed by atoms with Crippen molar-refractivity contribution in [3.63, 3.8) is 0 Å². The first-order chi connectivity index (χ1) is 32.6. The van der Waals surface area contributed by atoms with Gasteiger partial charge >= 0.3 is 5.97 Å². The molecule has 2 aromatic heterocycles. The number of nitrogens with zero attached hydrogens (tertiary/aromatic N) is 4. The molecule has 2 heterocycles. The molecule has 0 saturated heterocycles. The predicted octanol–water partition coefficient (Wildman–Crippen LogP) is 10.6. The number of carbonyl (C=O) groups excluding carboxylic acids is 1. The molecule has 12 nitrogen and oxygen atoms in total. The fourth-order valence-corrected chi connectivity index (χ4v) is 7.12. The largest absolute Gasteiger partial charge is 0.481 e. The van der Waals surface area contributed by atoms with Crippen molar-refractivity contribution in [1.29, 1.82) is 0 Å². The number of carbonyl (C=O) groups is 2. The Balaban J connectivity index is 0.000000249. The van der Waals surface area contributed by atoms with Gasteiger partial charge in [-0.1, -0.05) is 108 Å². The van der Waals surface area contributed by atoms with Crippen LogP contribution in [0.15, 0.2) is 97.1 Å². The number of nitrogens with two attached hydrogens (primary N) is 1. The Hall–Kier alpha value is -5.32. The first-order valence-corrected chi connectivity index (χ1v) is 23.4. The maximum Gasteiger partial charge on any atom is 0.310 e. The number of rotatable bonds is 18. The number of aryl methyl sites for hydroxylation is 1. The number of hydrogen-bond acceptors (Lipinski definition) is 9. The zero-order chi connectivity index (χ0) is 51.1. The number of hydrogen-bond donors (Lipinski definition) is 4. The maximum atomic E-state index is 14.5. The van der Waals surface area contributed by atoms with Crippen molar-refractivity contribution < 1.29 is 43.2 Å². The Kier molecular flexibility index (Phi) is 21.2. The van der Waals surface area contributed by atoms with Crippen molar-refractivity contribution in [2.75, 3.05) is 26.4 Å². The van der Waals surface area contributed by atoms with Crippen LogP contribution in [-0.4, -0.2) is 73.1 Å². The van der Waals surface area contributed by atoms with E-state index in [1.165, 1.54) is 25.1 Å². The van der Waals surface area contributed by atoms with Gasteiger partial charge in [0.25, 0.3) is 0 Å². The lowest BCUT2D eigenvalue weighted by Gasteiger charge is -2.14. The Morgan fingerprint density at radius 3 is 1.49 bits per heavy atom. The van der Waals surface area contributed by atoms with Crippen molar-refractivity contribution in [2.45, 2.75) is 111 Å². The highest BCUT2D eigenvalue weighted by Gasteiger charge is 2.24. The summed E-state index contributed by atoms with van der Waals surface area (Å²) in [5.74, 6) is -3.05. The number of ketones is 1. The van der Waals surface area contributed by atoms with Crippen molar-refractivity contribution >= 4 is 35.0 Å². The average Bonchev–Trinajstić information content (AvgIpc) is 3.96. The van der Waals surface area contributed by atoms with Gasteiger partial charge in [-0.3, -0.25) is 9.59 Å². The summed E-state index contributed by atoms with van der Waals surface area (Å²) in [5.41, 5.74) is 13.1. The number of carboxylic acids is 1.